The average molecular weight is 430 g/mol. The second kappa shape index (κ2) is 8.91. The van der Waals surface area contributed by atoms with E-state index in [0.29, 0.717) is 40.0 Å². The summed E-state index contributed by atoms with van der Waals surface area (Å²) in [6.45, 7) is 6.04. The van der Waals surface area contributed by atoms with Crippen LogP contribution in [0.1, 0.15) is 42.4 Å². The molecule has 0 aliphatic carbocycles. The second-order valence-electron chi connectivity index (χ2n) is 7.25. The molecule has 0 saturated heterocycles. The Bertz CT molecular complexity index is 1060. The summed E-state index contributed by atoms with van der Waals surface area (Å²) in [6.07, 6.45) is 0. The highest BCUT2D eigenvalue weighted by Crippen LogP contribution is 2.38. The maximum atomic E-state index is 14.7. The van der Waals surface area contributed by atoms with E-state index >= 15 is 0 Å². The Labute approximate surface area is 178 Å². The van der Waals surface area contributed by atoms with Gasteiger partial charge in [-0.15, -0.1) is 11.3 Å². The van der Waals surface area contributed by atoms with Gasteiger partial charge in [0.1, 0.15) is 16.6 Å². The number of thiophene rings is 1. The fraction of sp³-hybridized carbons (Fsp3) is 0.273. The van der Waals surface area contributed by atoms with Crippen LogP contribution < -0.4 is 11.1 Å². The quantitative estimate of drug-likeness (QED) is 0.488. The molecule has 3 aromatic rings. The number of halogens is 1. The zero-order chi connectivity index (χ0) is 21.9. The molecule has 0 radical (unpaired) electrons. The number of carbonyl (C=O) groups is 1. The lowest BCUT2D eigenvalue weighted by Crippen LogP contribution is -2.15. The number of hydrogen-bond acceptors (Lipinski definition) is 6. The maximum absolute atomic E-state index is 14.7. The van der Waals surface area contributed by atoms with Gasteiger partial charge >= 0.3 is 0 Å². The van der Waals surface area contributed by atoms with E-state index in [2.05, 4.69) is 10.3 Å². The van der Waals surface area contributed by atoms with E-state index in [9.17, 15) is 14.3 Å². The van der Waals surface area contributed by atoms with Crippen molar-refractivity contribution in [2.75, 3.05) is 11.9 Å². The molecule has 0 bridgehead atoms. The lowest BCUT2D eigenvalue weighted by molar-refractivity contribution is 0.0782. The molecule has 0 atom stereocenters. The predicted octanol–water partition coefficient (Wildman–Crippen LogP) is 4.56. The number of primary amides is 1. The standard InChI is InChI=1S/C22H24FN3O3S/c1-4-29-12-14-6-5-7-19(25-14)26-21-16(20(24)27)11-18(30-21)15-9-8-13(10-17(15)23)22(2,3)28/h5-11,28H,4,12H2,1-3H3,(H2,24,27)(H,25,26). The molecule has 158 valence electrons. The number of nitrogens with zero attached hydrogens (tertiary/aromatic N) is 1. The van der Waals surface area contributed by atoms with Crippen LogP contribution >= 0.6 is 11.3 Å². The molecular weight excluding hydrogens is 405 g/mol. The third-order valence-electron chi connectivity index (χ3n) is 4.44. The lowest BCUT2D eigenvalue weighted by Gasteiger charge is -2.18. The number of aliphatic hydroxyl groups is 1. The number of rotatable bonds is 8. The Hall–Kier alpha value is -2.81. The Balaban J connectivity index is 1.94. The molecule has 0 saturated carbocycles. The SMILES string of the molecule is CCOCc1cccc(Nc2sc(-c3ccc(C(C)(C)O)cc3F)cc2C(N)=O)n1. The average Bonchev–Trinajstić information content (AvgIpc) is 3.09. The number of nitrogens with two attached hydrogens (primary N) is 1. The molecule has 2 heterocycles. The maximum Gasteiger partial charge on any atom is 0.251 e. The van der Waals surface area contributed by atoms with Gasteiger partial charge in [0.15, 0.2) is 0 Å². The fourth-order valence-electron chi connectivity index (χ4n) is 2.85. The van der Waals surface area contributed by atoms with Gasteiger partial charge in [-0.2, -0.15) is 0 Å². The van der Waals surface area contributed by atoms with E-state index in [1.165, 1.54) is 17.4 Å². The summed E-state index contributed by atoms with van der Waals surface area (Å²) in [5.74, 6) is -0.588. The number of pyridine rings is 1. The van der Waals surface area contributed by atoms with Crippen molar-refractivity contribution in [2.45, 2.75) is 33.0 Å². The van der Waals surface area contributed by atoms with Crippen molar-refractivity contribution in [1.82, 2.24) is 4.98 Å². The molecule has 0 fully saturated rings. The van der Waals surface area contributed by atoms with Crippen molar-refractivity contribution < 1.29 is 19.0 Å². The first-order chi connectivity index (χ1) is 14.2. The van der Waals surface area contributed by atoms with E-state index in [1.807, 2.05) is 19.1 Å². The van der Waals surface area contributed by atoms with Gasteiger partial charge in [0.25, 0.3) is 5.91 Å². The molecule has 1 aromatic carbocycles. The van der Waals surface area contributed by atoms with Crippen LogP contribution in [0.25, 0.3) is 10.4 Å². The fourth-order valence-corrected chi connectivity index (χ4v) is 3.94. The van der Waals surface area contributed by atoms with E-state index < -0.39 is 17.3 Å². The molecule has 3 rings (SSSR count). The van der Waals surface area contributed by atoms with Crippen molar-refractivity contribution >= 4 is 28.1 Å². The number of amides is 1. The molecular formula is C22H24FN3O3S. The molecule has 0 aliphatic rings. The number of aromatic nitrogens is 1. The van der Waals surface area contributed by atoms with Crippen molar-refractivity contribution in [3.05, 3.63) is 65.1 Å². The summed E-state index contributed by atoms with van der Waals surface area (Å²) < 4.78 is 20.1. The van der Waals surface area contributed by atoms with Crippen LogP contribution in [0.15, 0.2) is 42.5 Å². The Morgan fingerprint density at radius 2 is 2.07 bits per heavy atom. The molecule has 0 aliphatic heterocycles. The van der Waals surface area contributed by atoms with Gasteiger partial charge in [0.05, 0.1) is 23.5 Å². The number of carbonyl (C=O) groups excluding carboxylic acids is 1. The smallest absolute Gasteiger partial charge is 0.251 e. The van der Waals surface area contributed by atoms with Crippen LogP contribution in [-0.4, -0.2) is 22.6 Å². The van der Waals surface area contributed by atoms with Gasteiger partial charge in [-0.25, -0.2) is 9.37 Å². The van der Waals surface area contributed by atoms with Crippen LogP contribution in [0.5, 0.6) is 0 Å². The number of nitrogens with one attached hydrogen (secondary N) is 1. The summed E-state index contributed by atoms with van der Waals surface area (Å²) in [4.78, 5) is 17.0. The van der Waals surface area contributed by atoms with E-state index in [1.54, 1.807) is 38.1 Å². The van der Waals surface area contributed by atoms with Crippen LogP contribution in [0.3, 0.4) is 0 Å². The number of ether oxygens (including phenoxy) is 1. The summed E-state index contributed by atoms with van der Waals surface area (Å²) in [5.41, 5.74) is 6.15. The molecule has 0 spiro atoms. The molecule has 8 heteroatoms. The number of benzene rings is 1. The third kappa shape index (κ3) is 5.02. The summed E-state index contributed by atoms with van der Waals surface area (Å²) in [6, 6.07) is 11.5. The van der Waals surface area contributed by atoms with Crippen LogP contribution in [-0.2, 0) is 16.9 Å². The van der Waals surface area contributed by atoms with Gasteiger partial charge in [-0.3, -0.25) is 4.79 Å². The molecule has 30 heavy (non-hydrogen) atoms. The molecule has 1 amide bonds. The largest absolute Gasteiger partial charge is 0.386 e. The summed E-state index contributed by atoms with van der Waals surface area (Å²) >= 11 is 1.20. The van der Waals surface area contributed by atoms with E-state index in [4.69, 9.17) is 10.5 Å². The first-order valence-electron chi connectivity index (χ1n) is 9.46. The topological polar surface area (TPSA) is 97.5 Å². The second-order valence-corrected chi connectivity index (χ2v) is 8.30. The molecule has 4 N–H and O–H groups in total. The van der Waals surface area contributed by atoms with Gasteiger partial charge in [-0.1, -0.05) is 18.2 Å². The van der Waals surface area contributed by atoms with Crippen molar-refractivity contribution in [2.24, 2.45) is 5.73 Å². The molecule has 0 unspecified atom stereocenters. The molecule has 2 aromatic heterocycles. The summed E-state index contributed by atoms with van der Waals surface area (Å²) in [7, 11) is 0. The Kier molecular flexibility index (Phi) is 6.50. The van der Waals surface area contributed by atoms with Gasteiger partial charge < -0.3 is 20.9 Å². The highest BCUT2D eigenvalue weighted by Gasteiger charge is 2.21. The van der Waals surface area contributed by atoms with Crippen molar-refractivity contribution in [1.29, 1.82) is 0 Å². The van der Waals surface area contributed by atoms with Crippen LogP contribution in [0.4, 0.5) is 15.2 Å². The number of hydrogen-bond donors (Lipinski definition) is 3. The zero-order valence-electron chi connectivity index (χ0n) is 17.0. The highest BCUT2D eigenvalue weighted by atomic mass is 32.1. The monoisotopic (exact) mass is 429 g/mol. The Morgan fingerprint density at radius 1 is 1.30 bits per heavy atom. The minimum atomic E-state index is -1.15. The van der Waals surface area contributed by atoms with E-state index in [0.717, 1.165) is 5.69 Å². The first-order valence-corrected chi connectivity index (χ1v) is 10.3. The minimum absolute atomic E-state index is 0.248. The lowest BCUT2D eigenvalue weighted by atomic mass is 9.96. The van der Waals surface area contributed by atoms with Crippen molar-refractivity contribution in [3.8, 4) is 10.4 Å². The van der Waals surface area contributed by atoms with Gasteiger partial charge in [-0.05, 0) is 50.6 Å². The predicted molar refractivity (Wildman–Crippen MR) is 116 cm³/mol. The zero-order valence-corrected chi connectivity index (χ0v) is 17.8. The minimum Gasteiger partial charge on any atom is -0.386 e. The first kappa shape index (κ1) is 21.9. The van der Waals surface area contributed by atoms with E-state index in [-0.39, 0.29) is 5.56 Å². The van der Waals surface area contributed by atoms with Crippen molar-refractivity contribution in [3.63, 3.8) is 0 Å². The summed E-state index contributed by atoms with van der Waals surface area (Å²) in [5, 5.41) is 13.7. The normalized spacial score (nSPS) is 11.5. The third-order valence-corrected chi connectivity index (χ3v) is 5.52. The molecule has 6 nitrogen and oxygen atoms in total. The van der Waals surface area contributed by atoms with Crippen LogP contribution in [0.2, 0.25) is 0 Å². The van der Waals surface area contributed by atoms with Gasteiger partial charge in [0.2, 0.25) is 0 Å². The van der Waals surface area contributed by atoms with Gasteiger partial charge in [0, 0.05) is 17.0 Å². The van der Waals surface area contributed by atoms with Crippen LogP contribution in [0, 0.1) is 5.82 Å². The Morgan fingerprint density at radius 3 is 2.70 bits per heavy atom. The number of anilines is 2. The highest BCUT2D eigenvalue weighted by molar-refractivity contribution is 7.19.